The zero-order valence-electron chi connectivity index (χ0n) is 15.5. The van der Waals surface area contributed by atoms with Crippen LogP contribution in [0.15, 0.2) is 36.4 Å². The number of aryl methyl sites for hydroxylation is 2. The number of rotatable bonds is 7. The van der Waals surface area contributed by atoms with E-state index >= 15 is 0 Å². The van der Waals surface area contributed by atoms with Crippen LogP contribution in [0.2, 0.25) is 0 Å². The van der Waals surface area contributed by atoms with Gasteiger partial charge in [0.15, 0.2) is 5.78 Å². The van der Waals surface area contributed by atoms with E-state index in [0.717, 1.165) is 17.7 Å². The Morgan fingerprint density at radius 2 is 1.75 bits per heavy atom. The number of carbonyl (C=O) groups is 1. The molecule has 0 radical (unpaired) electrons. The standard InChI is InChI=1S/C22H28O2/c1-6-20(23)14-24-22-12-16(4)11-17(5)21(22)13-18-7-9-19(10-8-18)15(2)3/h7-12,15H,6,13-14H2,1-5H3. The monoisotopic (exact) mass is 324 g/mol. The van der Waals surface area contributed by atoms with E-state index in [-0.39, 0.29) is 12.4 Å². The summed E-state index contributed by atoms with van der Waals surface area (Å²) < 4.78 is 5.84. The summed E-state index contributed by atoms with van der Waals surface area (Å²) in [5.74, 6) is 1.50. The van der Waals surface area contributed by atoms with Crippen molar-refractivity contribution < 1.29 is 9.53 Å². The Morgan fingerprint density at radius 1 is 1.08 bits per heavy atom. The van der Waals surface area contributed by atoms with Crippen molar-refractivity contribution in [3.8, 4) is 5.75 Å². The summed E-state index contributed by atoms with van der Waals surface area (Å²) >= 11 is 0. The Hall–Kier alpha value is -2.09. The van der Waals surface area contributed by atoms with Gasteiger partial charge in [0.1, 0.15) is 12.4 Å². The van der Waals surface area contributed by atoms with Gasteiger partial charge in [-0.2, -0.15) is 0 Å². The van der Waals surface area contributed by atoms with Crippen molar-refractivity contribution in [2.75, 3.05) is 6.61 Å². The van der Waals surface area contributed by atoms with Gasteiger partial charge >= 0.3 is 0 Å². The topological polar surface area (TPSA) is 26.3 Å². The van der Waals surface area contributed by atoms with Crippen LogP contribution in [0.25, 0.3) is 0 Å². The Kier molecular flexibility index (Phi) is 6.19. The van der Waals surface area contributed by atoms with Crippen molar-refractivity contribution in [3.05, 3.63) is 64.2 Å². The predicted molar refractivity (Wildman–Crippen MR) is 100 cm³/mol. The van der Waals surface area contributed by atoms with Crippen LogP contribution in [0.4, 0.5) is 0 Å². The molecule has 0 atom stereocenters. The average molecular weight is 324 g/mol. The minimum absolute atomic E-state index is 0.126. The summed E-state index contributed by atoms with van der Waals surface area (Å²) in [4.78, 5) is 11.6. The molecule has 0 unspecified atom stereocenters. The first kappa shape index (κ1) is 18.3. The molecule has 24 heavy (non-hydrogen) atoms. The van der Waals surface area contributed by atoms with Gasteiger partial charge in [-0.1, -0.05) is 51.1 Å². The molecule has 2 rings (SSSR count). The molecular weight excluding hydrogens is 296 g/mol. The SMILES string of the molecule is CCC(=O)COc1cc(C)cc(C)c1Cc1ccc(C(C)C)cc1. The second kappa shape index (κ2) is 8.14. The molecular formula is C22H28O2. The van der Waals surface area contributed by atoms with Crippen LogP contribution >= 0.6 is 0 Å². The Morgan fingerprint density at radius 3 is 2.33 bits per heavy atom. The second-order valence-corrected chi connectivity index (χ2v) is 6.81. The molecule has 0 aliphatic rings. The summed E-state index contributed by atoms with van der Waals surface area (Å²) in [5.41, 5.74) is 6.15. The highest BCUT2D eigenvalue weighted by Crippen LogP contribution is 2.28. The molecule has 0 saturated heterocycles. The number of hydrogen-bond donors (Lipinski definition) is 0. The third-order valence-electron chi connectivity index (χ3n) is 4.39. The van der Waals surface area contributed by atoms with E-state index in [2.05, 4.69) is 58.0 Å². The van der Waals surface area contributed by atoms with Crippen molar-refractivity contribution in [1.82, 2.24) is 0 Å². The molecule has 2 nitrogen and oxygen atoms in total. The second-order valence-electron chi connectivity index (χ2n) is 6.81. The summed E-state index contributed by atoms with van der Waals surface area (Å²) in [6, 6.07) is 13.0. The molecule has 2 aromatic rings. The molecule has 0 aliphatic carbocycles. The largest absolute Gasteiger partial charge is 0.486 e. The molecule has 0 aromatic heterocycles. The molecule has 0 spiro atoms. The van der Waals surface area contributed by atoms with Gasteiger partial charge in [-0.05, 0) is 48.1 Å². The molecule has 0 N–H and O–H groups in total. The minimum atomic E-state index is 0.126. The summed E-state index contributed by atoms with van der Waals surface area (Å²) in [6.45, 7) is 10.6. The van der Waals surface area contributed by atoms with Gasteiger partial charge in [0, 0.05) is 18.4 Å². The van der Waals surface area contributed by atoms with E-state index in [9.17, 15) is 4.79 Å². The maximum Gasteiger partial charge on any atom is 0.169 e. The fraction of sp³-hybridized carbons (Fsp3) is 0.409. The fourth-order valence-corrected chi connectivity index (χ4v) is 2.80. The number of carbonyl (C=O) groups excluding carboxylic acids is 1. The number of ether oxygens (including phenoxy) is 1. The highest BCUT2D eigenvalue weighted by atomic mass is 16.5. The van der Waals surface area contributed by atoms with Gasteiger partial charge in [0.25, 0.3) is 0 Å². The maximum absolute atomic E-state index is 11.6. The van der Waals surface area contributed by atoms with E-state index in [4.69, 9.17) is 4.74 Å². The van der Waals surface area contributed by atoms with Gasteiger partial charge in [-0.25, -0.2) is 0 Å². The fourth-order valence-electron chi connectivity index (χ4n) is 2.80. The van der Waals surface area contributed by atoms with Crippen LogP contribution in [0.5, 0.6) is 5.75 Å². The van der Waals surface area contributed by atoms with Crippen molar-refractivity contribution in [2.24, 2.45) is 0 Å². The molecule has 0 fully saturated rings. The summed E-state index contributed by atoms with van der Waals surface area (Å²) in [6.07, 6.45) is 1.33. The summed E-state index contributed by atoms with van der Waals surface area (Å²) in [5, 5.41) is 0. The van der Waals surface area contributed by atoms with E-state index in [1.165, 1.54) is 22.3 Å². The van der Waals surface area contributed by atoms with Crippen molar-refractivity contribution in [1.29, 1.82) is 0 Å². The van der Waals surface area contributed by atoms with Crippen molar-refractivity contribution >= 4 is 5.78 Å². The molecule has 128 valence electrons. The zero-order chi connectivity index (χ0) is 17.7. The van der Waals surface area contributed by atoms with E-state index in [1.54, 1.807) is 0 Å². The van der Waals surface area contributed by atoms with Gasteiger partial charge in [0.2, 0.25) is 0 Å². The zero-order valence-corrected chi connectivity index (χ0v) is 15.5. The van der Waals surface area contributed by atoms with Crippen molar-refractivity contribution in [2.45, 2.75) is 53.4 Å². The van der Waals surface area contributed by atoms with Gasteiger partial charge in [-0.3, -0.25) is 4.79 Å². The molecule has 0 bridgehead atoms. The van der Waals surface area contributed by atoms with Gasteiger partial charge in [-0.15, -0.1) is 0 Å². The number of benzene rings is 2. The number of ketones is 1. The van der Waals surface area contributed by atoms with Crippen LogP contribution in [-0.2, 0) is 11.2 Å². The van der Waals surface area contributed by atoms with E-state index < -0.39 is 0 Å². The molecule has 0 saturated carbocycles. The predicted octanol–water partition coefficient (Wildman–Crippen LogP) is 5.38. The lowest BCUT2D eigenvalue weighted by atomic mass is 9.95. The maximum atomic E-state index is 11.6. The molecule has 0 heterocycles. The lowest BCUT2D eigenvalue weighted by molar-refractivity contribution is -0.120. The number of hydrogen-bond acceptors (Lipinski definition) is 2. The van der Waals surface area contributed by atoms with Crippen LogP contribution in [0, 0.1) is 13.8 Å². The molecule has 0 aliphatic heterocycles. The first-order valence-electron chi connectivity index (χ1n) is 8.74. The third-order valence-corrected chi connectivity index (χ3v) is 4.39. The lowest BCUT2D eigenvalue weighted by Crippen LogP contribution is -2.11. The Labute approximate surface area is 145 Å². The first-order valence-corrected chi connectivity index (χ1v) is 8.74. The normalized spacial score (nSPS) is 10.9. The van der Waals surface area contributed by atoms with E-state index in [0.29, 0.717) is 12.3 Å². The first-order chi connectivity index (χ1) is 11.4. The van der Waals surface area contributed by atoms with Crippen LogP contribution < -0.4 is 4.74 Å². The highest BCUT2D eigenvalue weighted by molar-refractivity contribution is 5.79. The minimum Gasteiger partial charge on any atom is -0.486 e. The van der Waals surface area contributed by atoms with Crippen LogP contribution in [-0.4, -0.2) is 12.4 Å². The smallest absolute Gasteiger partial charge is 0.169 e. The Balaban J connectivity index is 2.26. The number of Topliss-reactive ketones (excluding diaryl/α,β-unsaturated/α-hetero) is 1. The molecule has 0 amide bonds. The highest BCUT2D eigenvalue weighted by Gasteiger charge is 2.11. The Bertz CT molecular complexity index is 697. The summed E-state index contributed by atoms with van der Waals surface area (Å²) in [7, 11) is 0. The third kappa shape index (κ3) is 4.70. The average Bonchev–Trinajstić information content (AvgIpc) is 2.55. The van der Waals surface area contributed by atoms with E-state index in [1.807, 2.05) is 13.0 Å². The van der Waals surface area contributed by atoms with Crippen LogP contribution in [0.3, 0.4) is 0 Å². The van der Waals surface area contributed by atoms with Gasteiger partial charge in [0.05, 0.1) is 0 Å². The molecule has 2 aromatic carbocycles. The quantitative estimate of drug-likeness (QED) is 0.684. The lowest BCUT2D eigenvalue weighted by Gasteiger charge is -2.15. The van der Waals surface area contributed by atoms with Crippen LogP contribution in [0.1, 0.15) is 60.9 Å². The van der Waals surface area contributed by atoms with Crippen molar-refractivity contribution in [3.63, 3.8) is 0 Å². The molecule has 2 heteroatoms. The van der Waals surface area contributed by atoms with Gasteiger partial charge < -0.3 is 4.74 Å².